The van der Waals surface area contributed by atoms with E-state index in [4.69, 9.17) is 9.84 Å². The van der Waals surface area contributed by atoms with Crippen LogP contribution in [0.25, 0.3) is 0 Å². The molecule has 0 fully saturated rings. The van der Waals surface area contributed by atoms with Crippen LogP contribution in [0.4, 0.5) is 0 Å². The molecule has 1 aromatic rings. The number of aliphatic carboxylic acids is 1. The number of fused-ring (bicyclic) bond motifs is 1. The molecule has 2 rings (SSSR count). The SMILES string of the molecule is CC(O)(CNCc1cc(Br)cc2c1OCC2)C(=O)O. The van der Waals surface area contributed by atoms with Crippen LogP contribution in [0.15, 0.2) is 16.6 Å². The van der Waals surface area contributed by atoms with E-state index >= 15 is 0 Å². The van der Waals surface area contributed by atoms with Gasteiger partial charge in [-0.15, -0.1) is 0 Å². The lowest BCUT2D eigenvalue weighted by Crippen LogP contribution is -2.44. The zero-order chi connectivity index (χ0) is 14.0. The molecule has 1 unspecified atom stereocenters. The molecule has 1 aromatic carbocycles. The Kier molecular flexibility index (Phi) is 4.13. The van der Waals surface area contributed by atoms with Crippen LogP contribution in [0.2, 0.25) is 0 Å². The van der Waals surface area contributed by atoms with Gasteiger partial charge in [0.25, 0.3) is 0 Å². The van der Waals surface area contributed by atoms with Crippen LogP contribution in [0, 0.1) is 0 Å². The Balaban J connectivity index is 2.03. The molecule has 19 heavy (non-hydrogen) atoms. The van der Waals surface area contributed by atoms with Gasteiger partial charge in [-0.25, -0.2) is 4.79 Å². The molecule has 0 saturated carbocycles. The molecule has 0 aliphatic carbocycles. The molecule has 104 valence electrons. The molecule has 0 spiro atoms. The van der Waals surface area contributed by atoms with Crippen LogP contribution < -0.4 is 10.1 Å². The number of carboxylic acid groups (broad SMARTS) is 1. The molecule has 0 radical (unpaired) electrons. The molecule has 1 aliphatic heterocycles. The van der Waals surface area contributed by atoms with E-state index in [1.807, 2.05) is 12.1 Å². The molecular formula is C13H16BrNO4. The van der Waals surface area contributed by atoms with Crippen LogP contribution in [0.3, 0.4) is 0 Å². The van der Waals surface area contributed by atoms with Crippen LogP contribution in [0.5, 0.6) is 5.75 Å². The quantitative estimate of drug-likeness (QED) is 0.759. The number of halogens is 1. The normalized spacial score (nSPS) is 16.6. The molecule has 0 saturated heterocycles. The van der Waals surface area contributed by atoms with Crippen LogP contribution >= 0.6 is 15.9 Å². The highest BCUT2D eigenvalue weighted by atomic mass is 79.9. The average molecular weight is 330 g/mol. The first kappa shape index (κ1) is 14.3. The van der Waals surface area contributed by atoms with E-state index in [0.29, 0.717) is 13.2 Å². The van der Waals surface area contributed by atoms with E-state index < -0.39 is 11.6 Å². The van der Waals surface area contributed by atoms with Gasteiger partial charge in [0.15, 0.2) is 5.60 Å². The van der Waals surface area contributed by atoms with Crippen molar-refractivity contribution in [1.82, 2.24) is 5.32 Å². The lowest BCUT2D eigenvalue weighted by atomic mass is 10.1. The summed E-state index contributed by atoms with van der Waals surface area (Å²) in [6.45, 7) is 2.37. The van der Waals surface area contributed by atoms with Crippen molar-refractivity contribution < 1.29 is 19.7 Å². The minimum atomic E-state index is -1.77. The van der Waals surface area contributed by atoms with Crippen LogP contribution in [0.1, 0.15) is 18.1 Å². The lowest BCUT2D eigenvalue weighted by Gasteiger charge is -2.19. The van der Waals surface area contributed by atoms with Crippen LogP contribution in [-0.2, 0) is 17.8 Å². The first-order chi connectivity index (χ1) is 8.90. The van der Waals surface area contributed by atoms with Gasteiger partial charge < -0.3 is 20.3 Å². The molecule has 0 bridgehead atoms. The summed E-state index contributed by atoms with van der Waals surface area (Å²) in [5, 5.41) is 21.4. The monoisotopic (exact) mass is 329 g/mol. The predicted octanol–water partition coefficient (Wildman–Crippen LogP) is 1.31. The minimum Gasteiger partial charge on any atom is -0.493 e. The van der Waals surface area contributed by atoms with Crippen molar-refractivity contribution in [1.29, 1.82) is 0 Å². The number of aliphatic hydroxyl groups is 1. The van der Waals surface area contributed by atoms with Gasteiger partial charge in [-0.3, -0.25) is 0 Å². The van der Waals surface area contributed by atoms with Crippen molar-refractivity contribution in [3.8, 4) is 5.75 Å². The zero-order valence-electron chi connectivity index (χ0n) is 10.6. The van der Waals surface area contributed by atoms with Crippen molar-refractivity contribution in [2.45, 2.75) is 25.5 Å². The summed E-state index contributed by atoms with van der Waals surface area (Å²) in [5.74, 6) is -0.374. The molecule has 1 heterocycles. The van der Waals surface area contributed by atoms with Crippen molar-refractivity contribution >= 4 is 21.9 Å². The van der Waals surface area contributed by atoms with Crippen LogP contribution in [-0.4, -0.2) is 34.9 Å². The summed E-state index contributed by atoms with van der Waals surface area (Å²) >= 11 is 3.44. The smallest absolute Gasteiger partial charge is 0.336 e. The Morgan fingerprint density at radius 2 is 2.32 bits per heavy atom. The van der Waals surface area contributed by atoms with Gasteiger partial charge in [-0.2, -0.15) is 0 Å². The Morgan fingerprint density at radius 1 is 1.58 bits per heavy atom. The van der Waals surface area contributed by atoms with Gasteiger partial charge in [0.2, 0.25) is 0 Å². The van der Waals surface area contributed by atoms with Crippen molar-refractivity contribution in [2.24, 2.45) is 0 Å². The summed E-state index contributed by atoms with van der Waals surface area (Å²) in [7, 11) is 0. The second-order valence-electron chi connectivity index (χ2n) is 4.83. The number of hydrogen-bond acceptors (Lipinski definition) is 4. The fraction of sp³-hybridized carbons (Fsp3) is 0.462. The van der Waals surface area contributed by atoms with E-state index in [1.165, 1.54) is 6.92 Å². The standard InChI is InChI=1S/C13H16BrNO4/c1-13(18,12(16)17)7-15-6-9-5-10(14)4-8-2-3-19-11(8)9/h4-5,15,18H,2-3,6-7H2,1H3,(H,16,17). The number of carboxylic acids is 1. The second-order valence-corrected chi connectivity index (χ2v) is 5.75. The second kappa shape index (κ2) is 5.48. The Hall–Kier alpha value is -1.11. The van der Waals surface area contributed by atoms with E-state index in [9.17, 15) is 9.90 Å². The highest BCUT2D eigenvalue weighted by Crippen LogP contribution is 2.32. The minimum absolute atomic E-state index is 0.0242. The van der Waals surface area contributed by atoms with E-state index in [1.54, 1.807) is 0 Å². The number of ether oxygens (including phenoxy) is 1. The molecule has 1 aliphatic rings. The van der Waals surface area contributed by atoms with Gasteiger partial charge >= 0.3 is 5.97 Å². The summed E-state index contributed by atoms with van der Waals surface area (Å²) < 4.78 is 6.55. The Labute approximate surface area is 119 Å². The molecule has 0 aromatic heterocycles. The molecule has 5 nitrogen and oxygen atoms in total. The summed E-state index contributed by atoms with van der Waals surface area (Å²) in [5.41, 5.74) is 0.343. The molecule has 6 heteroatoms. The van der Waals surface area contributed by atoms with Crippen molar-refractivity contribution in [3.05, 3.63) is 27.7 Å². The lowest BCUT2D eigenvalue weighted by molar-refractivity contribution is -0.156. The first-order valence-electron chi connectivity index (χ1n) is 6.01. The summed E-state index contributed by atoms with van der Waals surface area (Å²) in [6.07, 6.45) is 0.884. The molecule has 1 atom stereocenters. The topological polar surface area (TPSA) is 78.8 Å². The highest BCUT2D eigenvalue weighted by molar-refractivity contribution is 9.10. The number of nitrogens with one attached hydrogen (secondary N) is 1. The maximum absolute atomic E-state index is 10.8. The highest BCUT2D eigenvalue weighted by Gasteiger charge is 2.29. The van der Waals surface area contributed by atoms with Crippen molar-refractivity contribution in [3.63, 3.8) is 0 Å². The third-order valence-corrected chi connectivity index (χ3v) is 3.53. The number of rotatable bonds is 5. The number of carbonyl (C=O) groups is 1. The van der Waals surface area contributed by atoms with Gasteiger partial charge in [0.1, 0.15) is 5.75 Å². The molecule has 3 N–H and O–H groups in total. The van der Waals surface area contributed by atoms with Gasteiger partial charge in [-0.1, -0.05) is 15.9 Å². The van der Waals surface area contributed by atoms with Gasteiger partial charge in [0.05, 0.1) is 6.61 Å². The fourth-order valence-corrected chi connectivity index (χ4v) is 2.55. The summed E-state index contributed by atoms with van der Waals surface area (Å²) in [4.78, 5) is 10.8. The maximum atomic E-state index is 10.8. The maximum Gasteiger partial charge on any atom is 0.336 e. The van der Waals surface area contributed by atoms with E-state index in [2.05, 4.69) is 21.2 Å². The Morgan fingerprint density at radius 3 is 3.00 bits per heavy atom. The first-order valence-corrected chi connectivity index (χ1v) is 6.80. The molecule has 0 amide bonds. The fourth-order valence-electron chi connectivity index (χ4n) is 1.99. The number of hydrogen-bond donors (Lipinski definition) is 3. The number of benzene rings is 1. The van der Waals surface area contributed by atoms with E-state index in [-0.39, 0.29) is 6.54 Å². The predicted molar refractivity (Wildman–Crippen MR) is 73.3 cm³/mol. The largest absolute Gasteiger partial charge is 0.493 e. The summed E-state index contributed by atoms with van der Waals surface area (Å²) in [6, 6.07) is 3.96. The zero-order valence-corrected chi connectivity index (χ0v) is 12.2. The third kappa shape index (κ3) is 3.26. The Bertz CT molecular complexity index is 502. The third-order valence-electron chi connectivity index (χ3n) is 3.07. The van der Waals surface area contributed by atoms with Gasteiger partial charge in [-0.05, 0) is 24.6 Å². The van der Waals surface area contributed by atoms with E-state index in [0.717, 1.165) is 27.8 Å². The van der Waals surface area contributed by atoms with Gasteiger partial charge in [0, 0.05) is 29.5 Å². The average Bonchev–Trinajstić information content (AvgIpc) is 2.76. The molecular weight excluding hydrogens is 314 g/mol. The van der Waals surface area contributed by atoms with Crippen molar-refractivity contribution in [2.75, 3.05) is 13.2 Å².